The van der Waals surface area contributed by atoms with Gasteiger partial charge in [-0.15, -0.1) is 0 Å². The molecule has 0 unspecified atom stereocenters. The van der Waals surface area contributed by atoms with E-state index in [1.165, 1.54) is 12.1 Å². The fourth-order valence-corrected chi connectivity index (χ4v) is 2.09. The zero-order valence-corrected chi connectivity index (χ0v) is 12.3. The molecule has 0 aliphatic carbocycles. The Bertz CT molecular complexity index is 645. The maximum absolute atomic E-state index is 13.3. The molecule has 0 aliphatic rings. The topological polar surface area (TPSA) is 29.1 Å². The number of nitrogens with one attached hydrogen (secondary N) is 1. The van der Waals surface area contributed by atoms with Crippen molar-refractivity contribution in [2.75, 3.05) is 5.32 Å². The Morgan fingerprint density at radius 2 is 2.00 bits per heavy atom. The molecule has 2 nitrogen and oxygen atoms in total. The number of carbonyl (C=O) groups excluding carboxylic acids is 1. The third kappa shape index (κ3) is 3.33. The largest absolute Gasteiger partial charge is 0.322 e. The molecule has 0 bridgehead atoms. The van der Waals surface area contributed by atoms with E-state index in [2.05, 4.69) is 21.2 Å². The molecule has 1 N–H and O–H groups in total. The van der Waals surface area contributed by atoms with Crippen LogP contribution in [-0.4, -0.2) is 5.91 Å². The average Bonchev–Trinajstić information content (AvgIpc) is 2.36. The molecule has 0 atom stereocenters. The fourth-order valence-electron chi connectivity index (χ4n) is 1.61. The van der Waals surface area contributed by atoms with Crippen molar-refractivity contribution in [3.05, 3.63) is 62.8 Å². The molecule has 5 heteroatoms. The number of amides is 1. The van der Waals surface area contributed by atoms with E-state index >= 15 is 0 Å². The number of rotatable bonds is 2. The van der Waals surface area contributed by atoms with Crippen molar-refractivity contribution < 1.29 is 9.18 Å². The Balaban J connectivity index is 2.25. The summed E-state index contributed by atoms with van der Waals surface area (Å²) < 4.78 is 14.1. The van der Waals surface area contributed by atoms with Crippen LogP contribution in [0.5, 0.6) is 0 Å². The van der Waals surface area contributed by atoms with Crippen molar-refractivity contribution in [3.63, 3.8) is 0 Å². The lowest BCUT2D eigenvalue weighted by atomic mass is 10.1. The first-order chi connectivity index (χ1) is 8.97. The zero-order chi connectivity index (χ0) is 14.0. The quantitative estimate of drug-likeness (QED) is 0.834. The van der Waals surface area contributed by atoms with Gasteiger partial charge in [-0.05, 0) is 42.8 Å². The van der Waals surface area contributed by atoms with Crippen LogP contribution in [0.1, 0.15) is 15.9 Å². The smallest absolute Gasteiger partial charge is 0.255 e. The number of hydrogen-bond acceptors (Lipinski definition) is 1. The maximum atomic E-state index is 13.3. The Kier molecular flexibility index (Phi) is 4.22. The number of aryl methyl sites for hydroxylation is 1. The molecule has 0 radical (unpaired) electrons. The van der Waals surface area contributed by atoms with Crippen LogP contribution in [0.25, 0.3) is 0 Å². The van der Waals surface area contributed by atoms with Gasteiger partial charge in [-0.25, -0.2) is 4.39 Å². The predicted molar refractivity (Wildman–Crippen MR) is 78.2 cm³/mol. The minimum absolute atomic E-state index is 0.0247. The lowest BCUT2D eigenvalue weighted by Crippen LogP contribution is -2.13. The summed E-state index contributed by atoms with van der Waals surface area (Å²) in [6, 6.07) is 9.55. The van der Waals surface area contributed by atoms with Crippen LogP contribution in [0.4, 0.5) is 10.1 Å². The molecule has 0 fully saturated rings. The first-order valence-electron chi connectivity index (χ1n) is 5.50. The van der Waals surface area contributed by atoms with E-state index in [4.69, 9.17) is 11.6 Å². The lowest BCUT2D eigenvalue weighted by Gasteiger charge is -2.08. The minimum Gasteiger partial charge on any atom is -0.322 e. The normalized spacial score (nSPS) is 10.3. The van der Waals surface area contributed by atoms with Gasteiger partial charge in [0.1, 0.15) is 5.82 Å². The van der Waals surface area contributed by atoms with Gasteiger partial charge in [-0.3, -0.25) is 4.79 Å². The van der Waals surface area contributed by atoms with E-state index in [1.54, 1.807) is 12.1 Å². The van der Waals surface area contributed by atoms with Crippen LogP contribution in [0.3, 0.4) is 0 Å². The van der Waals surface area contributed by atoms with E-state index in [9.17, 15) is 9.18 Å². The van der Waals surface area contributed by atoms with Crippen molar-refractivity contribution in [1.29, 1.82) is 0 Å². The third-order valence-electron chi connectivity index (χ3n) is 2.62. The summed E-state index contributed by atoms with van der Waals surface area (Å²) in [5, 5.41) is 2.66. The maximum Gasteiger partial charge on any atom is 0.255 e. The number of halogens is 3. The molecule has 0 aliphatic heterocycles. The number of anilines is 1. The van der Waals surface area contributed by atoms with Crippen LogP contribution in [-0.2, 0) is 0 Å². The summed E-state index contributed by atoms with van der Waals surface area (Å²) in [4.78, 5) is 12.1. The van der Waals surface area contributed by atoms with E-state index in [1.807, 2.05) is 19.1 Å². The Morgan fingerprint density at radius 3 is 2.68 bits per heavy atom. The van der Waals surface area contributed by atoms with Gasteiger partial charge in [-0.2, -0.15) is 0 Å². The highest BCUT2D eigenvalue weighted by atomic mass is 79.9. The molecule has 2 aromatic carbocycles. The van der Waals surface area contributed by atoms with E-state index in [-0.39, 0.29) is 10.9 Å². The van der Waals surface area contributed by atoms with Gasteiger partial charge >= 0.3 is 0 Å². The van der Waals surface area contributed by atoms with E-state index in [0.717, 1.165) is 10.0 Å². The van der Waals surface area contributed by atoms with Crippen molar-refractivity contribution in [2.24, 2.45) is 0 Å². The molecule has 0 saturated carbocycles. The highest BCUT2D eigenvalue weighted by Crippen LogP contribution is 2.21. The Morgan fingerprint density at radius 1 is 1.26 bits per heavy atom. The molecular weight excluding hydrogens is 333 g/mol. The standard InChI is InChI=1S/C14H10BrClFNO/c1-8-2-3-9(15)6-11(8)14(19)18-10-4-5-12(16)13(17)7-10/h2-7H,1H3,(H,18,19). The third-order valence-corrected chi connectivity index (χ3v) is 3.42. The van der Waals surface area contributed by atoms with Gasteiger partial charge < -0.3 is 5.32 Å². The van der Waals surface area contributed by atoms with Gasteiger partial charge in [-0.1, -0.05) is 33.6 Å². The number of hydrogen-bond donors (Lipinski definition) is 1. The fraction of sp³-hybridized carbons (Fsp3) is 0.0714. The predicted octanol–water partition coefficient (Wildman–Crippen LogP) is 4.80. The number of benzene rings is 2. The first-order valence-corrected chi connectivity index (χ1v) is 6.67. The second-order valence-corrected chi connectivity index (χ2v) is 5.37. The van der Waals surface area contributed by atoms with Gasteiger partial charge in [0.15, 0.2) is 0 Å². The monoisotopic (exact) mass is 341 g/mol. The Labute approximate surface area is 123 Å². The molecular formula is C14H10BrClFNO. The van der Waals surface area contributed by atoms with Gasteiger partial charge in [0, 0.05) is 15.7 Å². The minimum atomic E-state index is -0.564. The van der Waals surface area contributed by atoms with Crippen LogP contribution in [0, 0.1) is 12.7 Å². The van der Waals surface area contributed by atoms with Crippen molar-refractivity contribution >= 4 is 39.1 Å². The summed E-state index contributed by atoms with van der Waals surface area (Å²) in [6.45, 7) is 1.84. The molecule has 0 aromatic heterocycles. The van der Waals surface area contributed by atoms with Gasteiger partial charge in [0.2, 0.25) is 0 Å². The molecule has 2 rings (SSSR count). The summed E-state index contributed by atoms with van der Waals surface area (Å²) in [6.07, 6.45) is 0. The van der Waals surface area contributed by atoms with Crippen LogP contribution in [0.15, 0.2) is 40.9 Å². The second kappa shape index (κ2) is 5.72. The summed E-state index contributed by atoms with van der Waals surface area (Å²) in [5.74, 6) is -0.856. The molecule has 0 spiro atoms. The van der Waals surface area contributed by atoms with Crippen molar-refractivity contribution in [2.45, 2.75) is 6.92 Å². The van der Waals surface area contributed by atoms with Gasteiger partial charge in [0.25, 0.3) is 5.91 Å². The highest BCUT2D eigenvalue weighted by Gasteiger charge is 2.10. The molecule has 19 heavy (non-hydrogen) atoms. The van der Waals surface area contributed by atoms with Crippen LogP contribution in [0.2, 0.25) is 5.02 Å². The van der Waals surface area contributed by atoms with Crippen molar-refractivity contribution in [1.82, 2.24) is 0 Å². The van der Waals surface area contributed by atoms with E-state index < -0.39 is 5.82 Å². The molecule has 98 valence electrons. The summed E-state index contributed by atoms with van der Waals surface area (Å²) in [7, 11) is 0. The van der Waals surface area contributed by atoms with Gasteiger partial charge in [0.05, 0.1) is 5.02 Å². The second-order valence-electron chi connectivity index (χ2n) is 4.04. The SMILES string of the molecule is Cc1ccc(Br)cc1C(=O)Nc1ccc(Cl)c(F)c1. The Hall–Kier alpha value is -1.39. The molecule has 2 aromatic rings. The summed E-state index contributed by atoms with van der Waals surface area (Å²) >= 11 is 8.90. The molecule has 1 amide bonds. The average molecular weight is 343 g/mol. The van der Waals surface area contributed by atoms with Crippen molar-refractivity contribution in [3.8, 4) is 0 Å². The zero-order valence-electron chi connectivity index (χ0n) is 10.0. The summed E-state index contributed by atoms with van der Waals surface area (Å²) in [5.41, 5.74) is 1.74. The molecule has 0 heterocycles. The highest BCUT2D eigenvalue weighted by molar-refractivity contribution is 9.10. The molecule has 0 saturated heterocycles. The van der Waals surface area contributed by atoms with Crippen LogP contribution >= 0.6 is 27.5 Å². The first kappa shape index (κ1) is 14.0. The van der Waals surface area contributed by atoms with E-state index in [0.29, 0.717) is 11.3 Å². The lowest BCUT2D eigenvalue weighted by molar-refractivity contribution is 0.102. The number of carbonyl (C=O) groups is 1. The van der Waals surface area contributed by atoms with Crippen LogP contribution < -0.4 is 5.32 Å².